The fourth-order valence-electron chi connectivity index (χ4n) is 4.14. The second-order valence-electron chi connectivity index (χ2n) is 7.37. The number of aryl methyl sites for hydroxylation is 1. The molecular formula is C18H33IN6O. The number of rotatable bonds is 7. The molecule has 1 saturated carbocycles. The van der Waals surface area contributed by atoms with Crippen LogP contribution in [0, 0.1) is 5.41 Å². The predicted octanol–water partition coefficient (Wildman–Crippen LogP) is 2.23. The van der Waals surface area contributed by atoms with Gasteiger partial charge in [0.15, 0.2) is 11.8 Å². The summed E-state index contributed by atoms with van der Waals surface area (Å²) in [6, 6.07) is 0. The van der Waals surface area contributed by atoms with E-state index in [9.17, 15) is 5.11 Å². The number of aliphatic imine (C=N–C) groups is 1. The van der Waals surface area contributed by atoms with Crippen molar-refractivity contribution in [2.24, 2.45) is 10.4 Å². The summed E-state index contributed by atoms with van der Waals surface area (Å²) in [7, 11) is 0. The molecule has 1 aromatic rings. The van der Waals surface area contributed by atoms with E-state index in [-0.39, 0.29) is 36.0 Å². The molecule has 0 spiro atoms. The van der Waals surface area contributed by atoms with Gasteiger partial charge in [0.25, 0.3) is 0 Å². The molecule has 1 fully saturated rings. The number of aliphatic hydroxyl groups excluding tert-OH is 1. The smallest absolute Gasteiger partial charge is 0.191 e. The van der Waals surface area contributed by atoms with Gasteiger partial charge in [0.1, 0.15) is 12.4 Å². The monoisotopic (exact) mass is 476 g/mol. The SMILES string of the molecule is CCNC(=NCc1nnc2n1CCC2)NCC1(CCO)CCCCC1.I. The van der Waals surface area contributed by atoms with Crippen LogP contribution in [0.15, 0.2) is 4.99 Å². The number of nitrogens with one attached hydrogen (secondary N) is 2. The van der Waals surface area contributed by atoms with Gasteiger partial charge in [0.05, 0.1) is 0 Å². The maximum atomic E-state index is 9.48. The van der Waals surface area contributed by atoms with E-state index in [0.29, 0.717) is 6.54 Å². The fraction of sp³-hybridized carbons (Fsp3) is 0.833. The first-order valence-corrected chi connectivity index (χ1v) is 9.80. The zero-order valence-electron chi connectivity index (χ0n) is 15.8. The summed E-state index contributed by atoms with van der Waals surface area (Å²) in [6.45, 7) is 5.61. The number of nitrogens with zero attached hydrogens (tertiary/aromatic N) is 4. The first kappa shape index (κ1) is 21.4. The van der Waals surface area contributed by atoms with Crippen molar-refractivity contribution in [3.05, 3.63) is 11.6 Å². The van der Waals surface area contributed by atoms with Crippen LogP contribution < -0.4 is 10.6 Å². The van der Waals surface area contributed by atoms with Crippen LogP contribution in [0.25, 0.3) is 0 Å². The molecule has 2 heterocycles. The highest BCUT2D eigenvalue weighted by Crippen LogP contribution is 2.38. The van der Waals surface area contributed by atoms with Crippen molar-refractivity contribution >= 4 is 29.9 Å². The fourth-order valence-corrected chi connectivity index (χ4v) is 4.14. The average Bonchev–Trinajstić information content (AvgIpc) is 3.23. The lowest BCUT2D eigenvalue weighted by Gasteiger charge is -2.37. The molecule has 0 unspecified atom stereocenters. The maximum Gasteiger partial charge on any atom is 0.191 e. The molecule has 0 amide bonds. The predicted molar refractivity (Wildman–Crippen MR) is 114 cm³/mol. The molecule has 0 radical (unpaired) electrons. The first-order valence-electron chi connectivity index (χ1n) is 9.80. The van der Waals surface area contributed by atoms with E-state index in [4.69, 9.17) is 4.99 Å². The normalized spacial score (nSPS) is 18.9. The molecule has 8 heteroatoms. The number of aliphatic hydroxyl groups is 1. The average molecular weight is 476 g/mol. The van der Waals surface area contributed by atoms with Crippen molar-refractivity contribution in [2.75, 3.05) is 19.7 Å². The Labute approximate surface area is 173 Å². The first-order chi connectivity index (χ1) is 12.3. The number of fused-ring (bicyclic) bond motifs is 1. The largest absolute Gasteiger partial charge is 0.396 e. The van der Waals surface area contributed by atoms with Crippen LogP contribution in [0.5, 0.6) is 0 Å². The zero-order chi connectivity index (χ0) is 17.5. The number of hydrogen-bond acceptors (Lipinski definition) is 4. The third kappa shape index (κ3) is 5.31. The highest BCUT2D eigenvalue weighted by Gasteiger charge is 2.31. The topological polar surface area (TPSA) is 87.4 Å². The van der Waals surface area contributed by atoms with Crippen LogP contribution in [0.1, 0.15) is 63.5 Å². The molecule has 2 aliphatic rings. The van der Waals surface area contributed by atoms with Crippen LogP contribution in [-0.2, 0) is 19.5 Å². The van der Waals surface area contributed by atoms with Gasteiger partial charge in [-0.05, 0) is 38.0 Å². The molecule has 0 atom stereocenters. The lowest BCUT2D eigenvalue weighted by molar-refractivity contribution is 0.131. The van der Waals surface area contributed by atoms with Crippen LogP contribution >= 0.6 is 24.0 Å². The van der Waals surface area contributed by atoms with Crippen molar-refractivity contribution in [1.82, 2.24) is 25.4 Å². The molecule has 0 aromatic carbocycles. The number of halogens is 1. The summed E-state index contributed by atoms with van der Waals surface area (Å²) in [5.74, 6) is 2.88. The van der Waals surface area contributed by atoms with E-state index in [1.165, 1.54) is 32.1 Å². The quantitative estimate of drug-likeness (QED) is 0.319. The van der Waals surface area contributed by atoms with Crippen LogP contribution in [-0.4, -0.2) is 45.5 Å². The Morgan fingerprint density at radius 1 is 1.19 bits per heavy atom. The number of aromatic nitrogens is 3. The highest BCUT2D eigenvalue weighted by molar-refractivity contribution is 14.0. The van der Waals surface area contributed by atoms with E-state index in [1.54, 1.807) is 0 Å². The van der Waals surface area contributed by atoms with Crippen molar-refractivity contribution < 1.29 is 5.11 Å². The van der Waals surface area contributed by atoms with Gasteiger partial charge in [-0.15, -0.1) is 34.2 Å². The Kier molecular flexibility index (Phi) is 8.59. The Bertz CT molecular complexity index is 577. The second kappa shape index (κ2) is 10.4. The minimum Gasteiger partial charge on any atom is -0.396 e. The lowest BCUT2D eigenvalue weighted by atomic mass is 9.72. The third-order valence-corrected chi connectivity index (χ3v) is 5.60. The molecule has 1 aliphatic carbocycles. The molecule has 3 rings (SSSR count). The standard InChI is InChI=1S/C18H32N6O.HI/c1-2-19-17(20-13-16-23-22-15-7-6-11-24(15)16)21-14-18(10-12-25)8-4-3-5-9-18;/h25H,2-14H2,1H3,(H2,19,20,21);1H. The minimum atomic E-state index is 0. The number of guanidine groups is 1. The molecule has 0 saturated heterocycles. The summed E-state index contributed by atoms with van der Waals surface area (Å²) in [5.41, 5.74) is 0.208. The van der Waals surface area contributed by atoms with Gasteiger partial charge < -0.3 is 20.3 Å². The molecule has 148 valence electrons. The van der Waals surface area contributed by atoms with Gasteiger partial charge in [-0.3, -0.25) is 0 Å². The molecule has 3 N–H and O–H groups in total. The molecular weight excluding hydrogens is 443 g/mol. The van der Waals surface area contributed by atoms with Crippen LogP contribution in [0.2, 0.25) is 0 Å². The van der Waals surface area contributed by atoms with Crippen molar-refractivity contribution in [3.63, 3.8) is 0 Å². The molecule has 26 heavy (non-hydrogen) atoms. The third-order valence-electron chi connectivity index (χ3n) is 5.60. The minimum absolute atomic E-state index is 0. The molecule has 1 aliphatic heterocycles. The summed E-state index contributed by atoms with van der Waals surface area (Å²) in [4.78, 5) is 4.72. The summed E-state index contributed by atoms with van der Waals surface area (Å²) < 4.78 is 2.20. The van der Waals surface area contributed by atoms with Gasteiger partial charge in [-0.1, -0.05) is 19.3 Å². The Hall–Kier alpha value is -0.900. The van der Waals surface area contributed by atoms with Gasteiger partial charge in [-0.25, -0.2) is 4.99 Å². The van der Waals surface area contributed by atoms with Gasteiger partial charge in [0.2, 0.25) is 0 Å². The van der Waals surface area contributed by atoms with Crippen molar-refractivity contribution in [1.29, 1.82) is 0 Å². The maximum absolute atomic E-state index is 9.48. The molecule has 7 nitrogen and oxygen atoms in total. The van der Waals surface area contributed by atoms with E-state index >= 15 is 0 Å². The van der Waals surface area contributed by atoms with Crippen LogP contribution in [0.4, 0.5) is 0 Å². The Morgan fingerprint density at radius 2 is 2.00 bits per heavy atom. The summed E-state index contributed by atoms with van der Waals surface area (Å²) in [6.07, 6.45) is 9.29. The lowest BCUT2D eigenvalue weighted by Crippen LogP contribution is -2.45. The number of hydrogen-bond donors (Lipinski definition) is 3. The van der Waals surface area contributed by atoms with E-state index in [0.717, 1.165) is 56.5 Å². The second-order valence-corrected chi connectivity index (χ2v) is 7.37. The zero-order valence-corrected chi connectivity index (χ0v) is 18.2. The Balaban J connectivity index is 0.00000243. The molecule has 1 aromatic heterocycles. The van der Waals surface area contributed by atoms with E-state index < -0.39 is 0 Å². The van der Waals surface area contributed by atoms with Crippen molar-refractivity contribution in [2.45, 2.75) is 71.4 Å². The van der Waals surface area contributed by atoms with Gasteiger partial charge >= 0.3 is 0 Å². The highest BCUT2D eigenvalue weighted by atomic mass is 127. The van der Waals surface area contributed by atoms with Crippen LogP contribution in [0.3, 0.4) is 0 Å². The summed E-state index contributed by atoms with van der Waals surface area (Å²) in [5, 5.41) is 24.9. The van der Waals surface area contributed by atoms with Gasteiger partial charge in [-0.2, -0.15) is 0 Å². The van der Waals surface area contributed by atoms with E-state index in [2.05, 4.69) is 32.3 Å². The summed E-state index contributed by atoms with van der Waals surface area (Å²) >= 11 is 0. The van der Waals surface area contributed by atoms with E-state index in [1.807, 2.05) is 0 Å². The Morgan fingerprint density at radius 3 is 2.73 bits per heavy atom. The van der Waals surface area contributed by atoms with Crippen molar-refractivity contribution in [3.8, 4) is 0 Å². The van der Waals surface area contributed by atoms with Gasteiger partial charge in [0, 0.05) is 32.7 Å². The molecule has 0 bridgehead atoms.